The van der Waals surface area contributed by atoms with E-state index in [0.29, 0.717) is 16.8 Å². The number of halogens is 2. The molecule has 0 radical (unpaired) electrons. The van der Waals surface area contributed by atoms with Gasteiger partial charge in [-0.25, -0.2) is 13.7 Å². The topological polar surface area (TPSA) is 87.5 Å². The second-order valence-electron chi connectivity index (χ2n) is 5.64. The zero-order valence-electron chi connectivity index (χ0n) is 12.8. The third-order valence-electron chi connectivity index (χ3n) is 3.67. The number of carboxylic acid groups (broad SMARTS) is 1. The van der Waals surface area contributed by atoms with Crippen molar-refractivity contribution in [3.63, 3.8) is 0 Å². The summed E-state index contributed by atoms with van der Waals surface area (Å²) >= 11 is 5.66. The van der Waals surface area contributed by atoms with Crippen molar-refractivity contribution >= 4 is 23.1 Å². The van der Waals surface area contributed by atoms with Crippen LogP contribution in [0.25, 0.3) is 16.8 Å². The maximum atomic E-state index is 13.6. The average molecular weight is 350 g/mol. The summed E-state index contributed by atoms with van der Waals surface area (Å²) in [5, 5.41) is 13.3. The lowest BCUT2D eigenvalue weighted by Gasteiger charge is -2.06. The Labute approximate surface area is 140 Å². The first-order valence-corrected chi connectivity index (χ1v) is 7.51. The average Bonchev–Trinajstić information content (AvgIpc) is 2.90. The summed E-state index contributed by atoms with van der Waals surface area (Å²) in [6, 6.07) is 4.11. The highest BCUT2D eigenvalue weighted by Gasteiger charge is 2.23. The van der Waals surface area contributed by atoms with E-state index in [9.17, 15) is 19.1 Å². The molecule has 1 aromatic carbocycles. The molecular formula is C16H13ClFN3O3. The Morgan fingerprint density at radius 3 is 2.71 bits per heavy atom. The lowest BCUT2D eigenvalue weighted by atomic mass is 10.0. The maximum absolute atomic E-state index is 13.6. The van der Waals surface area contributed by atoms with Crippen LogP contribution < -0.4 is 5.56 Å². The summed E-state index contributed by atoms with van der Waals surface area (Å²) in [4.78, 5) is 26.5. The number of carboxylic acids is 1. The first kappa shape index (κ1) is 16.2. The van der Waals surface area contributed by atoms with Gasteiger partial charge in [0.15, 0.2) is 5.69 Å². The minimum atomic E-state index is -1.21. The molecule has 124 valence electrons. The molecule has 0 spiro atoms. The first-order chi connectivity index (χ1) is 11.3. The standard InChI is InChI=1S/C16H13ClFN3O3/c1-7(2)12-13(16(23)24)20-21-6-11(19-15(22)14(12)21)8-3-4-9(17)10(18)5-8/h3-7H,1-2H3,(H,19,22)(H,23,24). The van der Waals surface area contributed by atoms with Gasteiger partial charge in [0.2, 0.25) is 0 Å². The van der Waals surface area contributed by atoms with Crippen LogP contribution in [0.4, 0.5) is 4.39 Å². The van der Waals surface area contributed by atoms with Crippen molar-refractivity contribution in [1.82, 2.24) is 14.6 Å². The van der Waals surface area contributed by atoms with Crippen LogP contribution in [0.5, 0.6) is 0 Å². The van der Waals surface area contributed by atoms with Crippen molar-refractivity contribution < 1.29 is 14.3 Å². The molecule has 0 aliphatic heterocycles. The van der Waals surface area contributed by atoms with E-state index >= 15 is 0 Å². The molecule has 24 heavy (non-hydrogen) atoms. The van der Waals surface area contributed by atoms with Crippen molar-refractivity contribution in [3.8, 4) is 11.3 Å². The van der Waals surface area contributed by atoms with Gasteiger partial charge in [0.25, 0.3) is 5.56 Å². The van der Waals surface area contributed by atoms with E-state index in [4.69, 9.17) is 11.6 Å². The summed E-state index contributed by atoms with van der Waals surface area (Å²) in [6.07, 6.45) is 1.46. The third kappa shape index (κ3) is 2.56. The zero-order valence-corrected chi connectivity index (χ0v) is 13.6. The van der Waals surface area contributed by atoms with E-state index < -0.39 is 17.3 Å². The van der Waals surface area contributed by atoms with Crippen LogP contribution in [-0.2, 0) is 0 Å². The van der Waals surface area contributed by atoms with Crippen LogP contribution in [-0.4, -0.2) is 25.7 Å². The fourth-order valence-corrected chi connectivity index (χ4v) is 2.74. The normalized spacial score (nSPS) is 11.4. The highest BCUT2D eigenvalue weighted by molar-refractivity contribution is 6.30. The number of fused-ring (bicyclic) bond motifs is 1. The highest BCUT2D eigenvalue weighted by atomic mass is 35.5. The van der Waals surface area contributed by atoms with Crippen LogP contribution in [0.15, 0.2) is 29.2 Å². The molecule has 0 aliphatic rings. The molecule has 2 heterocycles. The molecule has 2 aromatic heterocycles. The van der Waals surface area contributed by atoms with Crippen molar-refractivity contribution in [3.05, 3.63) is 56.8 Å². The SMILES string of the molecule is CC(C)c1c(C(=O)O)nn2cc(-c3ccc(Cl)c(F)c3)[nH]c(=O)c12. The number of hydrogen-bond donors (Lipinski definition) is 2. The van der Waals surface area contributed by atoms with Gasteiger partial charge in [0.05, 0.1) is 16.9 Å². The van der Waals surface area contributed by atoms with Gasteiger partial charge >= 0.3 is 5.97 Å². The Balaban J connectivity index is 2.30. The van der Waals surface area contributed by atoms with Gasteiger partial charge in [0, 0.05) is 11.1 Å². The Bertz CT molecular complexity index is 1020. The van der Waals surface area contributed by atoms with Gasteiger partial charge in [-0.3, -0.25) is 4.79 Å². The molecule has 0 fully saturated rings. The van der Waals surface area contributed by atoms with E-state index in [0.717, 1.165) is 0 Å². The molecule has 0 unspecified atom stereocenters. The first-order valence-electron chi connectivity index (χ1n) is 7.14. The van der Waals surface area contributed by atoms with Gasteiger partial charge in [-0.05, 0) is 18.1 Å². The monoisotopic (exact) mass is 349 g/mol. The number of benzene rings is 1. The second-order valence-corrected chi connectivity index (χ2v) is 6.05. The van der Waals surface area contributed by atoms with Crippen molar-refractivity contribution in [2.45, 2.75) is 19.8 Å². The number of aromatic amines is 1. The largest absolute Gasteiger partial charge is 0.476 e. The van der Waals surface area contributed by atoms with Crippen LogP contribution >= 0.6 is 11.6 Å². The van der Waals surface area contributed by atoms with Crippen LogP contribution in [0, 0.1) is 5.82 Å². The Hall–Kier alpha value is -2.67. The molecule has 6 nitrogen and oxygen atoms in total. The van der Waals surface area contributed by atoms with Gasteiger partial charge in [-0.1, -0.05) is 31.5 Å². The van der Waals surface area contributed by atoms with Gasteiger partial charge in [0.1, 0.15) is 11.3 Å². The summed E-state index contributed by atoms with van der Waals surface area (Å²) in [6.45, 7) is 3.57. The predicted molar refractivity (Wildman–Crippen MR) is 87.3 cm³/mol. The molecule has 0 bridgehead atoms. The number of aromatic nitrogens is 3. The number of rotatable bonds is 3. The minimum absolute atomic E-state index is 0.0310. The summed E-state index contributed by atoms with van der Waals surface area (Å²) in [7, 11) is 0. The molecule has 0 saturated heterocycles. The lowest BCUT2D eigenvalue weighted by molar-refractivity contribution is 0.0688. The quantitative estimate of drug-likeness (QED) is 0.759. The number of nitrogens with zero attached hydrogens (tertiary/aromatic N) is 2. The van der Waals surface area contributed by atoms with Crippen LogP contribution in [0.1, 0.15) is 35.8 Å². The molecular weight excluding hydrogens is 337 g/mol. The lowest BCUT2D eigenvalue weighted by Crippen LogP contribution is -2.13. The van der Waals surface area contributed by atoms with Gasteiger partial charge in [-0.2, -0.15) is 5.10 Å². The second kappa shape index (κ2) is 5.76. The molecule has 3 rings (SSSR count). The number of H-pyrrole nitrogens is 1. The smallest absolute Gasteiger partial charge is 0.356 e. The fraction of sp³-hybridized carbons (Fsp3) is 0.188. The van der Waals surface area contributed by atoms with Crippen LogP contribution in [0.3, 0.4) is 0 Å². The number of hydrogen-bond acceptors (Lipinski definition) is 3. The zero-order chi connectivity index (χ0) is 17.6. The maximum Gasteiger partial charge on any atom is 0.356 e. The molecule has 0 aliphatic carbocycles. The highest BCUT2D eigenvalue weighted by Crippen LogP contribution is 2.25. The summed E-state index contributed by atoms with van der Waals surface area (Å²) in [5.41, 5.74) is 0.562. The fourth-order valence-electron chi connectivity index (χ4n) is 2.62. The number of nitrogens with one attached hydrogen (secondary N) is 1. The Kier molecular flexibility index (Phi) is 3.88. The molecule has 0 saturated carbocycles. The van der Waals surface area contributed by atoms with E-state index in [-0.39, 0.29) is 22.2 Å². The van der Waals surface area contributed by atoms with Crippen molar-refractivity contribution in [2.75, 3.05) is 0 Å². The molecule has 0 atom stereocenters. The van der Waals surface area contributed by atoms with E-state index in [1.165, 1.54) is 22.8 Å². The molecule has 3 aromatic rings. The molecule has 8 heteroatoms. The number of aromatic carboxylic acids is 1. The van der Waals surface area contributed by atoms with Gasteiger partial charge < -0.3 is 10.1 Å². The Morgan fingerprint density at radius 1 is 1.42 bits per heavy atom. The third-order valence-corrected chi connectivity index (χ3v) is 3.98. The van der Waals surface area contributed by atoms with Crippen LogP contribution in [0.2, 0.25) is 5.02 Å². The minimum Gasteiger partial charge on any atom is -0.476 e. The van der Waals surface area contributed by atoms with E-state index in [2.05, 4.69) is 10.1 Å². The summed E-state index contributed by atoms with van der Waals surface area (Å²) < 4.78 is 14.9. The van der Waals surface area contributed by atoms with Gasteiger partial charge in [-0.15, -0.1) is 0 Å². The van der Waals surface area contributed by atoms with E-state index in [1.54, 1.807) is 19.9 Å². The Morgan fingerprint density at radius 2 is 2.12 bits per heavy atom. The van der Waals surface area contributed by atoms with E-state index in [1.807, 2.05) is 0 Å². The van der Waals surface area contributed by atoms with Crippen molar-refractivity contribution in [2.24, 2.45) is 0 Å². The van der Waals surface area contributed by atoms with Crippen molar-refractivity contribution in [1.29, 1.82) is 0 Å². The summed E-state index contributed by atoms with van der Waals surface area (Å²) in [5.74, 6) is -2.03. The molecule has 2 N–H and O–H groups in total. The predicted octanol–water partition coefficient (Wildman–Crippen LogP) is 3.30. The molecule has 0 amide bonds. The number of carbonyl (C=O) groups is 1.